The zero-order valence-electron chi connectivity index (χ0n) is 10.3. The monoisotopic (exact) mass is 269 g/mol. The first-order chi connectivity index (χ1) is 8.15. The molecule has 0 aliphatic heterocycles. The Kier molecular flexibility index (Phi) is 4.63. The highest BCUT2D eigenvalue weighted by Gasteiger charge is 2.19. The van der Waals surface area contributed by atoms with Crippen LogP contribution in [0, 0.1) is 5.92 Å². The lowest BCUT2D eigenvalue weighted by molar-refractivity contribution is 0.394. The third-order valence-corrected chi connectivity index (χ3v) is 5.17. The van der Waals surface area contributed by atoms with Crippen LogP contribution in [-0.4, -0.2) is 5.25 Å². The SMILES string of the molecule is CC1CCCC(SCc2ccc(N)cc2Cl)C1. The van der Waals surface area contributed by atoms with Crippen molar-refractivity contribution in [2.24, 2.45) is 5.92 Å². The van der Waals surface area contributed by atoms with Crippen molar-refractivity contribution in [1.29, 1.82) is 0 Å². The number of rotatable bonds is 3. The predicted molar refractivity (Wildman–Crippen MR) is 78.6 cm³/mol. The summed E-state index contributed by atoms with van der Waals surface area (Å²) in [6, 6.07) is 5.84. The maximum absolute atomic E-state index is 6.18. The molecule has 17 heavy (non-hydrogen) atoms. The van der Waals surface area contributed by atoms with Crippen LogP contribution in [0.4, 0.5) is 5.69 Å². The summed E-state index contributed by atoms with van der Waals surface area (Å²) >= 11 is 8.23. The van der Waals surface area contributed by atoms with Crippen molar-refractivity contribution in [2.75, 3.05) is 5.73 Å². The first kappa shape index (κ1) is 13.1. The molecule has 0 spiro atoms. The molecule has 1 aromatic rings. The van der Waals surface area contributed by atoms with E-state index in [0.29, 0.717) is 0 Å². The molecule has 3 heteroatoms. The molecule has 94 valence electrons. The van der Waals surface area contributed by atoms with Gasteiger partial charge in [0.1, 0.15) is 0 Å². The van der Waals surface area contributed by atoms with Gasteiger partial charge in [0.05, 0.1) is 0 Å². The molecule has 0 aromatic heterocycles. The standard InChI is InChI=1S/C14H20ClNS/c1-10-3-2-4-13(7-10)17-9-11-5-6-12(16)8-14(11)15/h5-6,8,10,13H,2-4,7,9,16H2,1H3. The Hall–Kier alpha value is -0.340. The van der Waals surface area contributed by atoms with E-state index in [1.807, 2.05) is 23.9 Å². The lowest BCUT2D eigenvalue weighted by Crippen LogP contribution is -2.15. The minimum atomic E-state index is 0.745. The highest BCUT2D eigenvalue weighted by atomic mass is 35.5. The Labute approximate surface area is 113 Å². The van der Waals surface area contributed by atoms with Crippen molar-refractivity contribution in [3.05, 3.63) is 28.8 Å². The van der Waals surface area contributed by atoms with Crippen LogP contribution in [0.1, 0.15) is 38.2 Å². The lowest BCUT2D eigenvalue weighted by Gasteiger charge is -2.26. The topological polar surface area (TPSA) is 26.0 Å². The molecule has 0 radical (unpaired) electrons. The third-order valence-electron chi connectivity index (χ3n) is 3.44. The molecule has 1 nitrogen and oxygen atoms in total. The number of hydrogen-bond acceptors (Lipinski definition) is 2. The molecule has 1 aliphatic rings. The highest BCUT2D eigenvalue weighted by Crippen LogP contribution is 2.34. The molecule has 1 aliphatic carbocycles. The number of thioether (sulfide) groups is 1. The maximum atomic E-state index is 6.18. The number of anilines is 1. The van der Waals surface area contributed by atoms with Crippen LogP contribution in [0.25, 0.3) is 0 Å². The van der Waals surface area contributed by atoms with Crippen LogP contribution in [0.5, 0.6) is 0 Å². The minimum Gasteiger partial charge on any atom is -0.399 e. The second-order valence-electron chi connectivity index (χ2n) is 5.06. The third kappa shape index (κ3) is 3.82. The van der Waals surface area contributed by atoms with Crippen molar-refractivity contribution >= 4 is 29.1 Å². The van der Waals surface area contributed by atoms with Gasteiger partial charge >= 0.3 is 0 Å². The fraction of sp³-hybridized carbons (Fsp3) is 0.571. The van der Waals surface area contributed by atoms with Crippen molar-refractivity contribution in [1.82, 2.24) is 0 Å². The summed E-state index contributed by atoms with van der Waals surface area (Å²) in [5.74, 6) is 1.90. The van der Waals surface area contributed by atoms with E-state index in [1.54, 1.807) is 0 Å². The van der Waals surface area contributed by atoms with Crippen molar-refractivity contribution in [3.63, 3.8) is 0 Å². The summed E-state index contributed by atoms with van der Waals surface area (Å²) in [5, 5.41) is 1.62. The van der Waals surface area contributed by atoms with Gasteiger partial charge in [0.15, 0.2) is 0 Å². The van der Waals surface area contributed by atoms with E-state index in [9.17, 15) is 0 Å². The molecule has 2 N–H and O–H groups in total. The number of hydrogen-bond donors (Lipinski definition) is 1. The van der Waals surface area contributed by atoms with E-state index in [-0.39, 0.29) is 0 Å². The molecule has 2 rings (SSSR count). The summed E-state index contributed by atoms with van der Waals surface area (Å²) in [6.45, 7) is 2.36. The van der Waals surface area contributed by atoms with Gasteiger partial charge in [-0.05, 0) is 36.5 Å². The van der Waals surface area contributed by atoms with E-state index in [1.165, 1.54) is 31.2 Å². The van der Waals surface area contributed by atoms with Gasteiger partial charge in [0.2, 0.25) is 0 Å². The van der Waals surface area contributed by atoms with E-state index in [2.05, 4.69) is 13.0 Å². The van der Waals surface area contributed by atoms with Crippen LogP contribution >= 0.6 is 23.4 Å². The van der Waals surface area contributed by atoms with Gasteiger partial charge in [-0.15, -0.1) is 0 Å². The van der Waals surface area contributed by atoms with E-state index >= 15 is 0 Å². The van der Waals surface area contributed by atoms with Crippen LogP contribution in [0.2, 0.25) is 5.02 Å². The smallest absolute Gasteiger partial charge is 0.0466 e. The fourth-order valence-corrected chi connectivity index (χ4v) is 4.22. The van der Waals surface area contributed by atoms with Gasteiger partial charge in [-0.1, -0.05) is 37.4 Å². The molecular formula is C14H20ClNS. The second kappa shape index (κ2) is 6.01. The Morgan fingerprint density at radius 3 is 2.94 bits per heavy atom. The average molecular weight is 270 g/mol. The van der Waals surface area contributed by atoms with Crippen molar-refractivity contribution in [3.8, 4) is 0 Å². The Bertz CT molecular complexity index is 380. The Morgan fingerprint density at radius 2 is 2.24 bits per heavy atom. The Morgan fingerprint density at radius 1 is 1.41 bits per heavy atom. The summed E-state index contributed by atoms with van der Waals surface area (Å²) < 4.78 is 0. The predicted octanol–water partition coefficient (Wildman–Crippen LogP) is 4.73. The quantitative estimate of drug-likeness (QED) is 0.803. The largest absolute Gasteiger partial charge is 0.399 e. The average Bonchev–Trinajstić information content (AvgIpc) is 2.28. The van der Waals surface area contributed by atoms with Crippen LogP contribution in [0.15, 0.2) is 18.2 Å². The zero-order valence-corrected chi connectivity index (χ0v) is 11.9. The first-order valence-corrected chi connectivity index (χ1v) is 7.73. The maximum Gasteiger partial charge on any atom is 0.0466 e. The van der Waals surface area contributed by atoms with Gasteiger partial charge in [-0.3, -0.25) is 0 Å². The molecule has 0 heterocycles. The summed E-state index contributed by atoms with van der Waals surface area (Å²) in [4.78, 5) is 0. The molecule has 1 aromatic carbocycles. The molecule has 2 unspecified atom stereocenters. The van der Waals surface area contributed by atoms with Gasteiger partial charge < -0.3 is 5.73 Å². The van der Waals surface area contributed by atoms with Crippen molar-refractivity contribution < 1.29 is 0 Å². The summed E-state index contributed by atoms with van der Waals surface area (Å²) in [5.41, 5.74) is 7.65. The molecule has 0 bridgehead atoms. The molecular weight excluding hydrogens is 250 g/mol. The van der Waals surface area contributed by atoms with Gasteiger partial charge in [-0.2, -0.15) is 11.8 Å². The number of nitrogen functional groups attached to an aromatic ring is 1. The van der Waals surface area contributed by atoms with E-state index in [0.717, 1.165) is 27.6 Å². The first-order valence-electron chi connectivity index (χ1n) is 6.30. The molecule has 1 fully saturated rings. The van der Waals surface area contributed by atoms with Gasteiger partial charge in [-0.25, -0.2) is 0 Å². The highest BCUT2D eigenvalue weighted by molar-refractivity contribution is 7.99. The molecule has 1 saturated carbocycles. The summed E-state index contributed by atoms with van der Waals surface area (Å²) in [6.07, 6.45) is 5.51. The minimum absolute atomic E-state index is 0.745. The zero-order chi connectivity index (χ0) is 12.3. The number of benzene rings is 1. The van der Waals surface area contributed by atoms with Gasteiger partial charge in [0, 0.05) is 21.7 Å². The number of halogens is 1. The van der Waals surface area contributed by atoms with Crippen molar-refractivity contribution in [2.45, 2.75) is 43.6 Å². The fourth-order valence-electron chi connectivity index (χ4n) is 2.42. The lowest BCUT2D eigenvalue weighted by atomic mass is 9.91. The van der Waals surface area contributed by atoms with Crippen LogP contribution < -0.4 is 5.73 Å². The van der Waals surface area contributed by atoms with Gasteiger partial charge in [0.25, 0.3) is 0 Å². The van der Waals surface area contributed by atoms with Crippen LogP contribution in [0.3, 0.4) is 0 Å². The summed E-state index contributed by atoms with van der Waals surface area (Å²) in [7, 11) is 0. The Balaban J connectivity index is 1.88. The number of nitrogens with two attached hydrogens (primary N) is 1. The molecule has 0 saturated heterocycles. The molecule has 2 atom stereocenters. The van der Waals surface area contributed by atoms with E-state index in [4.69, 9.17) is 17.3 Å². The normalized spacial score (nSPS) is 24.8. The van der Waals surface area contributed by atoms with E-state index < -0.39 is 0 Å². The van der Waals surface area contributed by atoms with Crippen LogP contribution in [-0.2, 0) is 5.75 Å². The molecule has 0 amide bonds. The second-order valence-corrected chi connectivity index (χ2v) is 6.75.